The summed E-state index contributed by atoms with van der Waals surface area (Å²) in [6.45, 7) is 4.87. The molecule has 18 heavy (non-hydrogen) atoms. The molecule has 0 aromatic heterocycles. The fraction of sp³-hybridized carbons (Fsp3) is 0.833. The van der Waals surface area contributed by atoms with Gasteiger partial charge in [-0.05, 0) is 20.3 Å². The predicted octanol–water partition coefficient (Wildman–Crippen LogP) is -0.147. The van der Waals surface area contributed by atoms with Gasteiger partial charge in [-0.3, -0.25) is 15.4 Å². The summed E-state index contributed by atoms with van der Waals surface area (Å²) < 4.78 is 0. The van der Waals surface area contributed by atoms with Crippen molar-refractivity contribution >= 4 is 11.7 Å². The van der Waals surface area contributed by atoms with E-state index in [-0.39, 0.29) is 11.7 Å². The molecule has 3 atom stereocenters. The number of nitrogens with one attached hydrogen (secondary N) is 2. The van der Waals surface area contributed by atoms with Gasteiger partial charge in [0, 0.05) is 0 Å². The number of aliphatic hydroxyl groups is 1. The lowest BCUT2D eigenvalue weighted by atomic mass is 10.1. The summed E-state index contributed by atoms with van der Waals surface area (Å²) in [4.78, 5) is 23.1. The minimum atomic E-state index is -0.916. The molecule has 6 heteroatoms. The van der Waals surface area contributed by atoms with Crippen molar-refractivity contribution in [3.8, 4) is 0 Å². The van der Waals surface area contributed by atoms with Gasteiger partial charge in [-0.25, -0.2) is 5.43 Å². The standard InChI is InChI=1S/C12H25N3O3/c1-4-5-6-7-10(15-13)12(18)14-11(8(2)16)9(3)17/h8,10-11,15-16H,4-7,13H2,1-3H3,(H,14,18)/t8?,10-,11-/m0/s1. The highest BCUT2D eigenvalue weighted by atomic mass is 16.3. The van der Waals surface area contributed by atoms with E-state index in [1.54, 1.807) is 0 Å². The zero-order valence-electron chi connectivity index (χ0n) is 11.4. The summed E-state index contributed by atoms with van der Waals surface area (Å²) >= 11 is 0. The fourth-order valence-electron chi connectivity index (χ4n) is 1.70. The fourth-order valence-corrected chi connectivity index (χ4v) is 1.70. The number of aliphatic hydroxyl groups excluding tert-OH is 1. The van der Waals surface area contributed by atoms with E-state index in [0.717, 1.165) is 19.3 Å². The lowest BCUT2D eigenvalue weighted by Gasteiger charge is -2.22. The van der Waals surface area contributed by atoms with Gasteiger partial charge >= 0.3 is 0 Å². The SMILES string of the molecule is CCCCC[C@H](NN)C(=O)N[C@H](C(C)=O)C(C)O. The normalized spacial score (nSPS) is 15.8. The van der Waals surface area contributed by atoms with Crippen molar-refractivity contribution in [1.82, 2.24) is 10.7 Å². The molecule has 0 saturated carbocycles. The van der Waals surface area contributed by atoms with E-state index >= 15 is 0 Å². The van der Waals surface area contributed by atoms with Crippen LogP contribution in [0.5, 0.6) is 0 Å². The third-order valence-electron chi connectivity index (χ3n) is 2.83. The van der Waals surface area contributed by atoms with Crippen molar-refractivity contribution in [2.24, 2.45) is 5.84 Å². The molecule has 0 fully saturated rings. The number of hydrogen-bond acceptors (Lipinski definition) is 5. The quantitative estimate of drug-likeness (QED) is 0.262. The summed E-state index contributed by atoms with van der Waals surface area (Å²) in [6, 6.07) is -1.41. The van der Waals surface area contributed by atoms with Crippen molar-refractivity contribution in [2.45, 2.75) is 64.6 Å². The monoisotopic (exact) mass is 259 g/mol. The average molecular weight is 259 g/mol. The second kappa shape index (κ2) is 9.02. The minimum absolute atomic E-state index is 0.275. The van der Waals surface area contributed by atoms with Crippen LogP contribution < -0.4 is 16.6 Å². The van der Waals surface area contributed by atoms with Gasteiger partial charge in [0.1, 0.15) is 6.04 Å². The molecule has 106 valence electrons. The molecule has 0 rings (SSSR count). The first-order valence-electron chi connectivity index (χ1n) is 6.39. The summed E-state index contributed by atoms with van der Waals surface area (Å²) in [5, 5.41) is 11.9. The van der Waals surface area contributed by atoms with Crippen molar-refractivity contribution in [3.63, 3.8) is 0 Å². The molecule has 0 saturated heterocycles. The van der Waals surface area contributed by atoms with Gasteiger partial charge in [-0.15, -0.1) is 0 Å². The first kappa shape index (κ1) is 17.0. The Bertz CT molecular complexity index is 269. The summed E-state index contributed by atoms with van der Waals surface area (Å²) in [6.07, 6.45) is 2.67. The van der Waals surface area contributed by atoms with Gasteiger partial charge in [-0.2, -0.15) is 0 Å². The van der Waals surface area contributed by atoms with Crippen molar-refractivity contribution in [3.05, 3.63) is 0 Å². The Morgan fingerprint density at radius 1 is 1.33 bits per heavy atom. The van der Waals surface area contributed by atoms with Crippen LogP contribution in [0.25, 0.3) is 0 Å². The van der Waals surface area contributed by atoms with Crippen LogP contribution in [0.15, 0.2) is 0 Å². The molecule has 1 amide bonds. The molecule has 6 nitrogen and oxygen atoms in total. The van der Waals surface area contributed by atoms with E-state index in [4.69, 9.17) is 5.84 Å². The van der Waals surface area contributed by atoms with Gasteiger partial charge in [0.05, 0.1) is 12.1 Å². The smallest absolute Gasteiger partial charge is 0.239 e. The molecule has 0 radical (unpaired) electrons. The number of hydrazine groups is 1. The lowest BCUT2D eigenvalue weighted by molar-refractivity contribution is -0.130. The molecule has 5 N–H and O–H groups in total. The zero-order valence-corrected chi connectivity index (χ0v) is 11.4. The Morgan fingerprint density at radius 2 is 1.94 bits per heavy atom. The summed E-state index contributed by atoms with van der Waals surface area (Å²) in [5.74, 6) is 4.70. The van der Waals surface area contributed by atoms with E-state index in [9.17, 15) is 14.7 Å². The Balaban J connectivity index is 4.36. The second-order valence-electron chi connectivity index (χ2n) is 4.55. The van der Waals surface area contributed by atoms with E-state index in [2.05, 4.69) is 17.7 Å². The molecule has 0 aliphatic heterocycles. The van der Waals surface area contributed by atoms with Crippen LogP contribution in [0, 0.1) is 0 Å². The number of amides is 1. The van der Waals surface area contributed by atoms with Crippen LogP contribution in [-0.4, -0.2) is 35.0 Å². The summed E-state index contributed by atoms with van der Waals surface area (Å²) in [5.41, 5.74) is 2.44. The molecule has 0 aromatic rings. The molecular weight excluding hydrogens is 234 g/mol. The third kappa shape index (κ3) is 6.09. The Morgan fingerprint density at radius 3 is 2.33 bits per heavy atom. The Kier molecular flexibility index (Phi) is 8.53. The minimum Gasteiger partial charge on any atom is -0.391 e. The molecule has 0 aliphatic rings. The first-order valence-corrected chi connectivity index (χ1v) is 6.39. The zero-order chi connectivity index (χ0) is 14.1. The van der Waals surface area contributed by atoms with Gasteiger partial charge in [0.15, 0.2) is 5.78 Å². The van der Waals surface area contributed by atoms with Gasteiger partial charge in [0.2, 0.25) is 5.91 Å². The second-order valence-corrected chi connectivity index (χ2v) is 4.55. The summed E-state index contributed by atoms with van der Waals surface area (Å²) in [7, 11) is 0. The highest BCUT2D eigenvalue weighted by Gasteiger charge is 2.25. The number of Topliss-reactive ketones (excluding diaryl/α,β-unsaturated/α-hetero) is 1. The molecule has 0 aromatic carbocycles. The Labute approximate surface area is 108 Å². The maximum absolute atomic E-state index is 11.9. The van der Waals surface area contributed by atoms with Crippen molar-refractivity contribution in [2.75, 3.05) is 0 Å². The largest absolute Gasteiger partial charge is 0.391 e. The Hall–Kier alpha value is -0.980. The van der Waals surface area contributed by atoms with Crippen molar-refractivity contribution < 1.29 is 14.7 Å². The first-order chi connectivity index (χ1) is 8.43. The van der Waals surface area contributed by atoms with Crippen LogP contribution in [0.3, 0.4) is 0 Å². The highest BCUT2D eigenvalue weighted by Crippen LogP contribution is 2.04. The molecule has 0 aliphatic carbocycles. The van der Waals surface area contributed by atoms with Crippen LogP contribution in [0.2, 0.25) is 0 Å². The number of nitrogens with two attached hydrogens (primary N) is 1. The molecule has 0 bridgehead atoms. The predicted molar refractivity (Wildman–Crippen MR) is 69.5 cm³/mol. The van der Waals surface area contributed by atoms with Crippen LogP contribution in [-0.2, 0) is 9.59 Å². The van der Waals surface area contributed by atoms with E-state index in [1.165, 1.54) is 13.8 Å². The molecule has 0 spiro atoms. The maximum atomic E-state index is 11.9. The van der Waals surface area contributed by atoms with E-state index in [1.807, 2.05) is 0 Å². The average Bonchev–Trinajstić information content (AvgIpc) is 2.30. The number of carbonyl (C=O) groups excluding carboxylic acids is 2. The number of rotatable bonds is 9. The van der Waals surface area contributed by atoms with Crippen LogP contribution in [0.1, 0.15) is 46.5 Å². The van der Waals surface area contributed by atoms with E-state index < -0.39 is 18.2 Å². The molecular formula is C12H25N3O3. The van der Waals surface area contributed by atoms with Gasteiger partial charge in [0.25, 0.3) is 0 Å². The lowest BCUT2D eigenvalue weighted by Crippen LogP contribution is -2.54. The highest BCUT2D eigenvalue weighted by molar-refractivity contribution is 5.90. The topological polar surface area (TPSA) is 104 Å². The van der Waals surface area contributed by atoms with Gasteiger partial charge < -0.3 is 10.4 Å². The van der Waals surface area contributed by atoms with Gasteiger partial charge in [-0.1, -0.05) is 26.2 Å². The number of ketones is 1. The third-order valence-corrected chi connectivity index (χ3v) is 2.83. The number of hydrogen-bond donors (Lipinski definition) is 4. The number of unbranched alkanes of at least 4 members (excludes halogenated alkanes) is 2. The van der Waals surface area contributed by atoms with Crippen LogP contribution >= 0.6 is 0 Å². The molecule has 0 heterocycles. The van der Waals surface area contributed by atoms with Crippen molar-refractivity contribution in [1.29, 1.82) is 0 Å². The van der Waals surface area contributed by atoms with Crippen LogP contribution in [0.4, 0.5) is 0 Å². The van der Waals surface area contributed by atoms with E-state index in [0.29, 0.717) is 6.42 Å². The number of carbonyl (C=O) groups is 2. The maximum Gasteiger partial charge on any atom is 0.239 e. The molecule has 1 unspecified atom stereocenters.